The van der Waals surface area contributed by atoms with Gasteiger partial charge in [-0.1, -0.05) is 29.5 Å². The Morgan fingerprint density at radius 2 is 1.85 bits per heavy atom. The molecular weight excluding hydrogens is 336 g/mol. The maximum Gasteiger partial charge on any atom is 0.278 e. The van der Waals surface area contributed by atoms with E-state index in [0.29, 0.717) is 22.4 Å². The molecule has 3 rings (SSSR count). The van der Waals surface area contributed by atoms with Crippen LogP contribution in [0.4, 0.5) is 0 Å². The molecule has 0 unspecified atom stereocenters. The van der Waals surface area contributed by atoms with Crippen LogP contribution in [0.1, 0.15) is 0 Å². The Labute approximate surface area is 149 Å². The quantitative estimate of drug-likeness (QED) is 0.636. The normalized spacial score (nSPS) is 10.5. The van der Waals surface area contributed by atoms with E-state index in [0.717, 1.165) is 4.68 Å². The third-order valence-corrected chi connectivity index (χ3v) is 3.67. The molecule has 0 radical (unpaired) electrons. The van der Waals surface area contributed by atoms with Gasteiger partial charge in [0, 0.05) is 0 Å². The van der Waals surface area contributed by atoms with Gasteiger partial charge in [0.2, 0.25) is 5.91 Å². The van der Waals surface area contributed by atoms with E-state index in [1.807, 2.05) is 12.1 Å². The third kappa shape index (κ3) is 3.97. The predicted molar refractivity (Wildman–Crippen MR) is 95.3 cm³/mol. The highest BCUT2D eigenvalue weighted by atomic mass is 16.5. The maximum atomic E-state index is 12.3. The van der Waals surface area contributed by atoms with Gasteiger partial charge in [-0.15, -0.1) is 5.10 Å². The molecule has 3 aromatic rings. The van der Waals surface area contributed by atoms with Gasteiger partial charge in [-0.2, -0.15) is 0 Å². The summed E-state index contributed by atoms with van der Waals surface area (Å²) in [5.41, 5.74) is 0.149. The smallest absolute Gasteiger partial charge is 0.278 e. The number of rotatable bonds is 7. The summed E-state index contributed by atoms with van der Waals surface area (Å²) >= 11 is 0. The number of carbonyl (C=O) groups excluding carboxylic acids is 1. The van der Waals surface area contributed by atoms with Gasteiger partial charge in [0.25, 0.3) is 5.56 Å². The van der Waals surface area contributed by atoms with E-state index in [1.165, 1.54) is 0 Å². The number of fused-ring (bicyclic) bond motifs is 1. The van der Waals surface area contributed by atoms with Gasteiger partial charge in [-0.05, 0) is 24.3 Å². The van der Waals surface area contributed by atoms with E-state index in [1.54, 1.807) is 43.5 Å². The van der Waals surface area contributed by atoms with Gasteiger partial charge in [0.1, 0.15) is 18.7 Å². The van der Waals surface area contributed by atoms with Crippen molar-refractivity contribution >= 4 is 16.8 Å². The monoisotopic (exact) mass is 354 g/mol. The molecule has 0 saturated heterocycles. The molecule has 134 valence electrons. The van der Waals surface area contributed by atoms with Crippen molar-refractivity contribution in [2.45, 2.75) is 6.54 Å². The molecule has 0 fully saturated rings. The summed E-state index contributed by atoms with van der Waals surface area (Å²) in [6, 6.07) is 14.1. The molecule has 0 aliphatic heterocycles. The summed E-state index contributed by atoms with van der Waals surface area (Å²) < 4.78 is 11.8. The molecular formula is C18H18N4O4. The summed E-state index contributed by atoms with van der Waals surface area (Å²) in [5, 5.41) is 10.8. The highest BCUT2D eigenvalue weighted by Crippen LogP contribution is 2.25. The predicted octanol–water partition coefficient (Wildman–Crippen LogP) is 0.995. The van der Waals surface area contributed by atoms with Crippen molar-refractivity contribution in [3.05, 3.63) is 58.9 Å². The van der Waals surface area contributed by atoms with Crippen LogP contribution in [0, 0.1) is 0 Å². The second-order valence-electron chi connectivity index (χ2n) is 5.42. The lowest BCUT2D eigenvalue weighted by atomic mass is 10.2. The second kappa shape index (κ2) is 8.11. The molecule has 8 nitrogen and oxygen atoms in total. The van der Waals surface area contributed by atoms with Gasteiger partial charge < -0.3 is 14.8 Å². The lowest BCUT2D eigenvalue weighted by Crippen LogP contribution is -2.36. The average molecular weight is 354 g/mol. The van der Waals surface area contributed by atoms with Crippen molar-refractivity contribution in [1.29, 1.82) is 0 Å². The molecule has 1 amide bonds. The zero-order chi connectivity index (χ0) is 18.4. The third-order valence-electron chi connectivity index (χ3n) is 3.67. The van der Waals surface area contributed by atoms with Crippen LogP contribution < -0.4 is 20.3 Å². The van der Waals surface area contributed by atoms with Crippen LogP contribution in [0.5, 0.6) is 11.5 Å². The topological polar surface area (TPSA) is 95.3 Å². The van der Waals surface area contributed by atoms with Gasteiger partial charge >= 0.3 is 0 Å². The molecule has 0 saturated carbocycles. The number of carbonyl (C=O) groups is 1. The molecule has 8 heteroatoms. The van der Waals surface area contributed by atoms with Crippen molar-refractivity contribution in [1.82, 2.24) is 20.3 Å². The number of amides is 1. The molecule has 0 aliphatic carbocycles. The van der Waals surface area contributed by atoms with Crippen LogP contribution in [0.3, 0.4) is 0 Å². The fourth-order valence-electron chi connectivity index (χ4n) is 2.41. The lowest BCUT2D eigenvalue weighted by molar-refractivity contribution is -0.122. The summed E-state index contributed by atoms with van der Waals surface area (Å²) in [4.78, 5) is 24.3. The van der Waals surface area contributed by atoms with Gasteiger partial charge in [-0.25, -0.2) is 4.68 Å². The number of methoxy groups -OCH3 is 1. The number of para-hydroxylation sites is 2. The van der Waals surface area contributed by atoms with Crippen molar-refractivity contribution in [3.63, 3.8) is 0 Å². The highest BCUT2D eigenvalue weighted by molar-refractivity contribution is 5.78. The van der Waals surface area contributed by atoms with E-state index < -0.39 is 0 Å². The Balaban J connectivity index is 1.53. The second-order valence-corrected chi connectivity index (χ2v) is 5.42. The molecule has 0 aliphatic rings. The first-order chi connectivity index (χ1) is 12.7. The lowest BCUT2D eigenvalue weighted by Gasteiger charge is -2.11. The van der Waals surface area contributed by atoms with E-state index in [9.17, 15) is 9.59 Å². The number of hydrogen-bond donors (Lipinski definition) is 1. The van der Waals surface area contributed by atoms with Crippen LogP contribution in [0.2, 0.25) is 0 Å². The Morgan fingerprint density at radius 3 is 2.65 bits per heavy atom. The van der Waals surface area contributed by atoms with Crippen molar-refractivity contribution in [2.24, 2.45) is 0 Å². The Kier molecular flexibility index (Phi) is 5.43. The van der Waals surface area contributed by atoms with Crippen LogP contribution in [-0.2, 0) is 11.3 Å². The zero-order valence-electron chi connectivity index (χ0n) is 14.2. The van der Waals surface area contributed by atoms with E-state index >= 15 is 0 Å². The van der Waals surface area contributed by atoms with Crippen LogP contribution in [0.25, 0.3) is 10.9 Å². The zero-order valence-corrected chi connectivity index (χ0v) is 14.2. The highest BCUT2D eigenvalue weighted by Gasteiger charge is 2.09. The number of benzene rings is 2. The maximum absolute atomic E-state index is 12.3. The Bertz CT molecular complexity index is 971. The van der Waals surface area contributed by atoms with Gasteiger partial charge in [0.05, 0.1) is 19.0 Å². The minimum absolute atomic E-state index is 0.203. The number of nitrogens with zero attached hydrogens (tertiary/aromatic N) is 3. The van der Waals surface area contributed by atoms with Crippen LogP contribution in [0.15, 0.2) is 53.3 Å². The molecule has 26 heavy (non-hydrogen) atoms. The van der Waals surface area contributed by atoms with E-state index in [2.05, 4.69) is 15.6 Å². The molecule has 1 aromatic heterocycles. The summed E-state index contributed by atoms with van der Waals surface area (Å²) in [6.45, 7) is 0.350. The first kappa shape index (κ1) is 17.4. The fourth-order valence-corrected chi connectivity index (χ4v) is 2.41. The van der Waals surface area contributed by atoms with Crippen molar-refractivity contribution < 1.29 is 14.3 Å². The van der Waals surface area contributed by atoms with Gasteiger partial charge in [-0.3, -0.25) is 9.59 Å². The Hall–Kier alpha value is -3.42. The number of ether oxygens (including phenoxy) is 2. The Morgan fingerprint density at radius 1 is 1.12 bits per heavy atom. The van der Waals surface area contributed by atoms with Crippen LogP contribution >= 0.6 is 0 Å². The van der Waals surface area contributed by atoms with Crippen LogP contribution in [-0.4, -0.2) is 41.2 Å². The largest absolute Gasteiger partial charge is 0.493 e. The molecule has 0 atom stereocenters. The number of nitrogens with one attached hydrogen (secondary N) is 1. The van der Waals surface area contributed by atoms with Crippen molar-refractivity contribution in [2.75, 3.05) is 20.3 Å². The number of aromatic nitrogens is 3. The van der Waals surface area contributed by atoms with Crippen molar-refractivity contribution in [3.8, 4) is 11.5 Å². The first-order valence-corrected chi connectivity index (χ1v) is 8.04. The summed E-state index contributed by atoms with van der Waals surface area (Å²) in [5.74, 6) is 0.873. The molecule has 0 bridgehead atoms. The van der Waals surface area contributed by atoms with E-state index in [4.69, 9.17) is 9.47 Å². The minimum Gasteiger partial charge on any atom is -0.493 e. The summed E-state index contributed by atoms with van der Waals surface area (Å²) in [6.07, 6.45) is 0. The van der Waals surface area contributed by atoms with E-state index in [-0.39, 0.29) is 31.2 Å². The number of hydrogen-bond acceptors (Lipinski definition) is 6. The SMILES string of the molecule is COc1ccccc1OCCNC(=O)Cn1nnc2ccccc2c1=O. The fraction of sp³-hybridized carbons (Fsp3) is 0.222. The average Bonchev–Trinajstić information content (AvgIpc) is 2.68. The molecule has 0 spiro atoms. The molecule has 1 N–H and O–H groups in total. The summed E-state index contributed by atoms with van der Waals surface area (Å²) in [7, 11) is 1.56. The molecule has 1 heterocycles. The standard InChI is InChI=1S/C18H18N4O4/c1-25-15-8-4-5-9-16(15)26-11-10-19-17(23)12-22-18(24)13-6-2-3-7-14(13)20-21-22/h2-9H,10-12H2,1H3,(H,19,23). The minimum atomic E-state index is -0.351. The van der Waals surface area contributed by atoms with Gasteiger partial charge in [0.15, 0.2) is 11.5 Å². The first-order valence-electron chi connectivity index (χ1n) is 8.04. The molecule has 2 aromatic carbocycles.